The van der Waals surface area contributed by atoms with E-state index in [9.17, 15) is 9.90 Å². The van der Waals surface area contributed by atoms with Gasteiger partial charge in [-0.1, -0.05) is 32.9 Å². The molecule has 0 fully saturated rings. The Kier molecular flexibility index (Phi) is 5.26. The first kappa shape index (κ1) is 17.3. The van der Waals surface area contributed by atoms with Crippen molar-refractivity contribution in [2.24, 2.45) is 5.41 Å². The molecule has 0 radical (unpaired) electrons. The lowest BCUT2D eigenvalue weighted by molar-refractivity contribution is 0.190. The van der Waals surface area contributed by atoms with Crippen molar-refractivity contribution in [3.63, 3.8) is 0 Å². The molecule has 1 atom stereocenters. The summed E-state index contributed by atoms with van der Waals surface area (Å²) in [7, 11) is 0. The van der Waals surface area contributed by atoms with Crippen molar-refractivity contribution < 1.29 is 9.90 Å². The number of hydrogen-bond acceptors (Lipinski definition) is 3. The van der Waals surface area contributed by atoms with Gasteiger partial charge in [0.05, 0.1) is 30.2 Å². The number of amides is 2. The number of urea groups is 1. The molecule has 0 spiro atoms. The minimum absolute atomic E-state index is 0.0386. The van der Waals surface area contributed by atoms with Crippen LogP contribution in [0.15, 0.2) is 18.2 Å². The molecule has 1 aromatic heterocycles. The molecular weight excluding hydrogens is 292 g/mol. The number of carbonyl (C=O) groups is 1. The van der Waals surface area contributed by atoms with Gasteiger partial charge < -0.3 is 20.7 Å². The van der Waals surface area contributed by atoms with Crippen LogP contribution in [-0.2, 0) is 6.54 Å². The number of aryl methyl sites for hydroxylation is 1. The summed E-state index contributed by atoms with van der Waals surface area (Å²) in [5.74, 6) is 0.709. The van der Waals surface area contributed by atoms with Gasteiger partial charge in [-0.2, -0.15) is 0 Å². The number of imidazole rings is 1. The van der Waals surface area contributed by atoms with Gasteiger partial charge in [0, 0.05) is 0 Å². The van der Waals surface area contributed by atoms with Crippen LogP contribution in [0.25, 0.3) is 11.0 Å². The van der Waals surface area contributed by atoms with Crippen LogP contribution < -0.4 is 10.6 Å². The summed E-state index contributed by atoms with van der Waals surface area (Å²) in [6.45, 7) is 8.47. The molecule has 126 valence electrons. The largest absolute Gasteiger partial charge is 0.394 e. The SMILES string of the molecule is Cc1cccc2[nH]c(CNC(=O)NC(CO)CC(C)(C)C)nc12. The van der Waals surface area contributed by atoms with Gasteiger partial charge in [0.15, 0.2) is 0 Å². The van der Waals surface area contributed by atoms with E-state index >= 15 is 0 Å². The highest BCUT2D eigenvalue weighted by atomic mass is 16.3. The number of rotatable bonds is 5. The van der Waals surface area contributed by atoms with Gasteiger partial charge in [-0.3, -0.25) is 0 Å². The molecule has 0 saturated carbocycles. The number of aromatic nitrogens is 2. The minimum Gasteiger partial charge on any atom is -0.394 e. The van der Waals surface area contributed by atoms with Crippen LogP contribution in [0.3, 0.4) is 0 Å². The van der Waals surface area contributed by atoms with Crippen molar-refractivity contribution in [1.82, 2.24) is 20.6 Å². The van der Waals surface area contributed by atoms with Crippen molar-refractivity contribution in [2.75, 3.05) is 6.61 Å². The number of benzene rings is 1. The summed E-state index contributed by atoms with van der Waals surface area (Å²) < 4.78 is 0. The Balaban J connectivity index is 1.91. The van der Waals surface area contributed by atoms with Crippen LogP contribution in [0.4, 0.5) is 4.79 Å². The van der Waals surface area contributed by atoms with Gasteiger partial charge in [-0.15, -0.1) is 0 Å². The molecule has 2 aromatic rings. The van der Waals surface area contributed by atoms with E-state index in [-0.39, 0.29) is 24.1 Å². The van der Waals surface area contributed by atoms with E-state index in [1.54, 1.807) is 0 Å². The molecule has 0 saturated heterocycles. The molecule has 6 nitrogen and oxygen atoms in total. The second kappa shape index (κ2) is 7.00. The number of aromatic amines is 1. The van der Waals surface area contributed by atoms with Crippen molar-refractivity contribution in [3.8, 4) is 0 Å². The standard InChI is InChI=1S/C17H26N4O2/c1-11-6-5-7-13-15(11)21-14(20-13)9-18-16(23)19-12(10-22)8-17(2,3)4/h5-7,12,22H,8-10H2,1-4H3,(H,20,21)(H2,18,19,23). The first-order valence-electron chi connectivity index (χ1n) is 7.88. The van der Waals surface area contributed by atoms with Crippen LogP contribution >= 0.6 is 0 Å². The minimum atomic E-state index is -0.300. The third-order valence-electron chi connectivity index (χ3n) is 3.59. The van der Waals surface area contributed by atoms with Crippen molar-refractivity contribution in [1.29, 1.82) is 0 Å². The number of para-hydroxylation sites is 1. The molecule has 4 N–H and O–H groups in total. The fraction of sp³-hybridized carbons (Fsp3) is 0.529. The predicted molar refractivity (Wildman–Crippen MR) is 91.1 cm³/mol. The molecule has 0 bridgehead atoms. The van der Waals surface area contributed by atoms with E-state index < -0.39 is 0 Å². The number of H-pyrrole nitrogens is 1. The predicted octanol–water partition coefficient (Wildman–Crippen LogP) is 2.47. The first-order valence-corrected chi connectivity index (χ1v) is 7.88. The maximum absolute atomic E-state index is 12.0. The number of aliphatic hydroxyl groups is 1. The second-order valence-electron chi connectivity index (χ2n) is 7.13. The Hall–Kier alpha value is -2.08. The van der Waals surface area contributed by atoms with E-state index in [0.29, 0.717) is 18.8 Å². The highest BCUT2D eigenvalue weighted by molar-refractivity contribution is 5.78. The highest BCUT2D eigenvalue weighted by Crippen LogP contribution is 2.20. The molecule has 1 unspecified atom stereocenters. The first-order chi connectivity index (χ1) is 10.8. The Morgan fingerprint density at radius 1 is 1.39 bits per heavy atom. The van der Waals surface area contributed by atoms with Crippen LogP contribution in [0, 0.1) is 12.3 Å². The summed E-state index contributed by atoms with van der Waals surface area (Å²) in [5.41, 5.74) is 3.02. The van der Waals surface area contributed by atoms with E-state index in [0.717, 1.165) is 16.6 Å². The Bertz CT molecular complexity index is 673. The zero-order valence-corrected chi connectivity index (χ0v) is 14.2. The maximum atomic E-state index is 12.0. The van der Waals surface area contributed by atoms with E-state index in [2.05, 4.69) is 41.4 Å². The van der Waals surface area contributed by atoms with E-state index in [1.807, 2.05) is 25.1 Å². The topological polar surface area (TPSA) is 90.0 Å². The van der Waals surface area contributed by atoms with Gasteiger partial charge >= 0.3 is 6.03 Å². The van der Waals surface area contributed by atoms with Crippen LogP contribution in [0.2, 0.25) is 0 Å². The third kappa shape index (κ3) is 4.96. The van der Waals surface area contributed by atoms with Gasteiger partial charge in [-0.05, 0) is 30.4 Å². The highest BCUT2D eigenvalue weighted by Gasteiger charge is 2.19. The van der Waals surface area contributed by atoms with Gasteiger partial charge in [-0.25, -0.2) is 9.78 Å². The third-order valence-corrected chi connectivity index (χ3v) is 3.59. The van der Waals surface area contributed by atoms with E-state index in [4.69, 9.17) is 0 Å². The second-order valence-corrected chi connectivity index (χ2v) is 7.13. The quantitative estimate of drug-likeness (QED) is 0.682. The lowest BCUT2D eigenvalue weighted by Gasteiger charge is -2.25. The van der Waals surface area contributed by atoms with Crippen LogP contribution in [0.5, 0.6) is 0 Å². The Morgan fingerprint density at radius 3 is 2.74 bits per heavy atom. The fourth-order valence-corrected chi connectivity index (χ4v) is 2.61. The van der Waals surface area contributed by atoms with Gasteiger partial charge in [0.2, 0.25) is 0 Å². The fourth-order valence-electron chi connectivity index (χ4n) is 2.61. The summed E-state index contributed by atoms with van der Waals surface area (Å²) in [6, 6.07) is 5.38. The molecule has 0 aliphatic heterocycles. The van der Waals surface area contributed by atoms with Gasteiger partial charge in [0.25, 0.3) is 0 Å². The number of carbonyl (C=O) groups excluding carboxylic acids is 1. The number of aliphatic hydroxyl groups excluding tert-OH is 1. The van der Waals surface area contributed by atoms with Crippen molar-refractivity contribution >= 4 is 17.1 Å². The van der Waals surface area contributed by atoms with Crippen molar-refractivity contribution in [2.45, 2.75) is 46.7 Å². The number of hydrogen-bond donors (Lipinski definition) is 4. The average molecular weight is 318 g/mol. The van der Waals surface area contributed by atoms with Crippen LogP contribution in [-0.4, -0.2) is 33.8 Å². The maximum Gasteiger partial charge on any atom is 0.315 e. The zero-order chi connectivity index (χ0) is 17.0. The lowest BCUT2D eigenvalue weighted by atomic mass is 9.88. The van der Waals surface area contributed by atoms with Crippen LogP contribution in [0.1, 0.15) is 38.6 Å². The number of fused-ring (bicyclic) bond motifs is 1. The molecule has 1 heterocycles. The molecule has 23 heavy (non-hydrogen) atoms. The lowest BCUT2D eigenvalue weighted by Crippen LogP contribution is -2.45. The van der Waals surface area contributed by atoms with E-state index in [1.165, 1.54) is 0 Å². The average Bonchev–Trinajstić information content (AvgIpc) is 2.87. The molecule has 6 heteroatoms. The molecule has 2 rings (SSSR count). The number of nitrogens with one attached hydrogen (secondary N) is 3. The smallest absolute Gasteiger partial charge is 0.315 e. The molecule has 2 amide bonds. The van der Waals surface area contributed by atoms with Crippen molar-refractivity contribution in [3.05, 3.63) is 29.6 Å². The monoisotopic (exact) mass is 318 g/mol. The molecule has 0 aliphatic rings. The summed E-state index contributed by atoms with van der Waals surface area (Å²) in [5, 5.41) is 15.0. The Morgan fingerprint density at radius 2 is 2.13 bits per heavy atom. The molecule has 1 aromatic carbocycles. The summed E-state index contributed by atoms with van der Waals surface area (Å²) in [4.78, 5) is 19.7. The zero-order valence-electron chi connectivity index (χ0n) is 14.2. The molecular formula is C17H26N4O2. The van der Waals surface area contributed by atoms with Gasteiger partial charge in [0.1, 0.15) is 5.82 Å². The molecule has 0 aliphatic carbocycles. The normalized spacial score (nSPS) is 13.1. The summed E-state index contributed by atoms with van der Waals surface area (Å²) in [6.07, 6.45) is 0.709. The Labute approximate surface area is 136 Å². The summed E-state index contributed by atoms with van der Waals surface area (Å²) >= 11 is 0. The number of nitrogens with zero attached hydrogens (tertiary/aromatic N) is 1.